The first kappa shape index (κ1) is 13.3. The molecule has 0 aromatic carbocycles. The lowest BCUT2D eigenvalue weighted by molar-refractivity contribution is -0.264. The number of hydrogen-bond donors (Lipinski definition) is 1. The number of carboxylic acid groups (broad SMARTS) is 1. The predicted molar refractivity (Wildman–Crippen MR) is 59.8 cm³/mol. The largest absolute Gasteiger partial charge is 0.530 e. The Hall–Kier alpha value is -0.770. The normalized spacial score (nSPS) is 23.5. The molecule has 0 saturated carbocycles. The molecule has 0 spiro atoms. The molecule has 0 aromatic heterocycles. The molecule has 2 atom stereocenters. The van der Waals surface area contributed by atoms with Crippen molar-refractivity contribution in [1.29, 1.82) is 0 Å². The maximum atomic E-state index is 10.6. The van der Waals surface area contributed by atoms with Crippen LogP contribution in [0.5, 0.6) is 0 Å². The van der Waals surface area contributed by atoms with Crippen molar-refractivity contribution in [2.24, 2.45) is 11.3 Å². The third kappa shape index (κ3) is 3.67. The molecular formula is C12H22NO3-. The Morgan fingerprint density at radius 3 is 2.62 bits per heavy atom. The predicted octanol–water partition coefficient (Wildman–Crippen LogP) is 0.839. The van der Waals surface area contributed by atoms with E-state index in [1.54, 1.807) is 0 Å². The van der Waals surface area contributed by atoms with E-state index in [9.17, 15) is 15.0 Å². The first-order valence-corrected chi connectivity index (χ1v) is 5.94. The summed E-state index contributed by atoms with van der Waals surface area (Å²) in [5, 5.41) is 20.5. The zero-order valence-corrected chi connectivity index (χ0v) is 10.4. The molecule has 4 nitrogen and oxygen atoms in total. The monoisotopic (exact) mass is 228 g/mol. The maximum absolute atomic E-state index is 10.6. The molecule has 16 heavy (non-hydrogen) atoms. The molecule has 1 saturated heterocycles. The van der Waals surface area contributed by atoms with Gasteiger partial charge in [0, 0.05) is 13.1 Å². The van der Waals surface area contributed by atoms with Crippen LogP contribution in [0, 0.1) is 11.3 Å². The number of aliphatic hydroxyl groups is 1. The number of aliphatic hydroxyl groups excluding tert-OH is 1. The zero-order chi connectivity index (χ0) is 12.3. The van der Waals surface area contributed by atoms with Crippen LogP contribution in [-0.2, 0) is 0 Å². The number of nitrogens with zero attached hydrogens (tertiary/aromatic N) is 1. The smallest absolute Gasteiger partial charge is 0.136 e. The lowest BCUT2D eigenvalue weighted by Gasteiger charge is -2.26. The summed E-state index contributed by atoms with van der Waals surface area (Å²) in [6, 6.07) is 0. The van der Waals surface area contributed by atoms with Crippen molar-refractivity contribution in [3.05, 3.63) is 0 Å². The molecule has 94 valence electrons. The number of rotatable bonds is 3. The Labute approximate surface area is 97.3 Å². The lowest BCUT2D eigenvalue weighted by Crippen LogP contribution is -2.39. The van der Waals surface area contributed by atoms with E-state index >= 15 is 0 Å². The minimum Gasteiger partial charge on any atom is -0.530 e. The van der Waals surface area contributed by atoms with Crippen LogP contribution >= 0.6 is 0 Å². The highest BCUT2D eigenvalue weighted by Gasteiger charge is 2.26. The van der Waals surface area contributed by atoms with Gasteiger partial charge in [0.2, 0.25) is 0 Å². The first-order chi connectivity index (χ1) is 7.30. The van der Waals surface area contributed by atoms with E-state index < -0.39 is 6.09 Å². The van der Waals surface area contributed by atoms with Crippen LogP contribution in [-0.4, -0.2) is 35.3 Å². The number of amides is 1. The summed E-state index contributed by atoms with van der Waals surface area (Å²) in [5.74, 6) is 0.384. The van der Waals surface area contributed by atoms with Crippen molar-refractivity contribution < 1.29 is 15.0 Å². The van der Waals surface area contributed by atoms with E-state index in [0.29, 0.717) is 19.0 Å². The van der Waals surface area contributed by atoms with Crippen molar-refractivity contribution in [2.75, 3.05) is 13.1 Å². The van der Waals surface area contributed by atoms with Crippen LogP contribution in [0.15, 0.2) is 0 Å². The SMILES string of the molecule is CC(C)(C)C(O)CCC1CCN(C(=O)[O-])C1. The van der Waals surface area contributed by atoms with Gasteiger partial charge >= 0.3 is 0 Å². The van der Waals surface area contributed by atoms with Gasteiger partial charge in [0.15, 0.2) is 0 Å². The fourth-order valence-corrected chi connectivity index (χ4v) is 2.06. The molecule has 1 heterocycles. The second kappa shape index (κ2) is 5.04. The highest BCUT2D eigenvalue weighted by atomic mass is 16.4. The van der Waals surface area contributed by atoms with E-state index in [0.717, 1.165) is 19.3 Å². The van der Waals surface area contributed by atoms with Crippen LogP contribution < -0.4 is 5.11 Å². The van der Waals surface area contributed by atoms with E-state index in [1.165, 1.54) is 4.90 Å². The molecule has 1 N–H and O–H groups in total. The molecule has 0 aliphatic carbocycles. The number of carbonyl (C=O) groups excluding carboxylic acids is 1. The third-order valence-electron chi connectivity index (χ3n) is 3.39. The summed E-state index contributed by atoms with van der Waals surface area (Å²) in [6.07, 6.45) is 1.14. The van der Waals surface area contributed by atoms with Gasteiger partial charge in [-0.2, -0.15) is 0 Å². The molecule has 1 fully saturated rings. The van der Waals surface area contributed by atoms with Gasteiger partial charge in [-0.25, -0.2) is 0 Å². The fourth-order valence-electron chi connectivity index (χ4n) is 2.06. The number of hydrogen-bond acceptors (Lipinski definition) is 3. The van der Waals surface area contributed by atoms with E-state index in [-0.39, 0.29) is 11.5 Å². The third-order valence-corrected chi connectivity index (χ3v) is 3.39. The van der Waals surface area contributed by atoms with Gasteiger partial charge in [-0.3, -0.25) is 0 Å². The molecular weight excluding hydrogens is 206 g/mol. The molecule has 0 bridgehead atoms. The zero-order valence-electron chi connectivity index (χ0n) is 10.4. The Balaban J connectivity index is 2.28. The van der Waals surface area contributed by atoms with Gasteiger partial charge in [-0.15, -0.1) is 0 Å². The molecule has 1 aliphatic rings. The molecule has 1 rings (SSSR count). The summed E-state index contributed by atoms with van der Waals surface area (Å²) >= 11 is 0. The van der Waals surface area contributed by atoms with Crippen LogP contribution in [0.4, 0.5) is 4.79 Å². The van der Waals surface area contributed by atoms with Crippen LogP contribution in [0.2, 0.25) is 0 Å². The van der Waals surface area contributed by atoms with Gasteiger partial charge in [-0.1, -0.05) is 20.8 Å². The topological polar surface area (TPSA) is 63.6 Å². The van der Waals surface area contributed by atoms with Crippen molar-refractivity contribution in [1.82, 2.24) is 4.90 Å². The van der Waals surface area contributed by atoms with Gasteiger partial charge in [0.05, 0.1) is 6.10 Å². The molecule has 4 heteroatoms. The quantitative estimate of drug-likeness (QED) is 0.778. The highest BCUT2D eigenvalue weighted by Crippen LogP contribution is 2.27. The Kier molecular flexibility index (Phi) is 4.19. The molecule has 2 unspecified atom stereocenters. The summed E-state index contributed by atoms with van der Waals surface area (Å²) < 4.78 is 0. The first-order valence-electron chi connectivity index (χ1n) is 5.94. The van der Waals surface area contributed by atoms with Gasteiger partial charge in [-0.05, 0) is 30.6 Å². The Morgan fingerprint density at radius 1 is 1.56 bits per heavy atom. The van der Waals surface area contributed by atoms with Crippen LogP contribution in [0.3, 0.4) is 0 Å². The lowest BCUT2D eigenvalue weighted by atomic mass is 9.85. The average Bonchev–Trinajstić information content (AvgIpc) is 2.60. The summed E-state index contributed by atoms with van der Waals surface area (Å²) in [5.41, 5.74) is -0.0906. The average molecular weight is 228 g/mol. The second-order valence-corrected chi connectivity index (χ2v) is 5.83. The number of likely N-dealkylation sites (tertiary alicyclic amines) is 1. The minimum absolute atomic E-state index is 0.0906. The summed E-state index contributed by atoms with van der Waals surface area (Å²) in [6.45, 7) is 7.19. The van der Waals surface area contributed by atoms with Gasteiger partial charge < -0.3 is 19.9 Å². The number of carbonyl (C=O) groups is 1. The minimum atomic E-state index is -1.07. The van der Waals surface area contributed by atoms with Crippen molar-refractivity contribution in [2.45, 2.75) is 46.1 Å². The van der Waals surface area contributed by atoms with E-state index in [1.807, 2.05) is 20.8 Å². The van der Waals surface area contributed by atoms with E-state index in [4.69, 9.17) is 0 Å². The molecule has 0 aromatic rings. The van der Waals surface area contributed by atoms with Gasteiger partial charge in [0.25, 0.3) is 0 Å². The molecule has 1 amide bonds. The van der Waals surface area contributed by atoms with Crippen molar-refractivity contribution >= 4 is 6.09 Å². The van der Waals surface area contributed by atoms with Crippen LogP contribution in [0.25, 0.3) is 0 Å². The standard InChI is InChI=1S/C12H23NO3/c1-12(2,3)10(14)5-4-9-6-7-13(8-9)11(15)16/h9-10,14H,4-8H2,1-3H3,(H,15,16)/p-1. The van der Waals surface area contributed by atoms with Crippen molar-refractivity contribution in [3.8, 4) is 0 Å². The Bertz CT molecular complexity index is 247. The second-order valence-electron chi connectivity index (χ2n) is 5.83. The van der Waals surface area contributed by atoms with Gasteiger partial charge in [0.1, 0.15) is 6.09 Å². The van der Waals surface area contributed by atoms with Crippen molar-refractivity contribution in [3.63, 3.8) is 0 Å². The van der Waals surface area contributed by atoms with E-state index in [2.05, 4.69) is 0 Å². The maximum Gasteiger partial charge on any atom is 0.136 e. The fraction of sp³-hybridized carbons (Fsp3) is 0.917. The summed E-state index contributed by atoms with van der Waals surface area (Å²) in [7, 11) is 0. The van der Waals surface area contributed by atoms with Crippen LogP contribution in [0.1, 0.15) is 40.0 Å². The molecule has 0 radical (unpaired) electrons. The Morgan fingerprint density at radius 2 is 2.19 bits per heavy atom. The summed E-state index contributed by atoms with van der Waals surface area (Å²) in [4.78, 5) is 12.0. The molecule has 1 aliphatic heterocycles. The highest BCUT2D eigenvalue weighted by molar-refractivity contribution is 5.62.